The number of nitrogens with zero attached hydrogens (tertiary/aromatic N) is 1. The highest BCUT2D eigenvalue weighted by molar-refractivity contribution is 7.91. The Labute approximate surface area is 191 Å². The first-order chi connectivity index (χ1) is 15.3. The number of aryl methyl sites for hydroxylation is 1. The van der Waals surface area contributed by atoms with Crippen LogP contribution in [-0.2, 0) is 14.8 Å². The molecule has 1 aliphatic rings. The van der Waals surface area contributed by atoms with E-state index in [9.17, 15) is 13.2 Å². The van der Waals surface area contributed by atoms with Gasteiger partial charge in [-0.05, 0) is 55.5 Å². The van der Waals surface area contributed by atoms with Crippen LogP contribution in [0.3, 0.4) is 0 Å². The summed E-state index contributed by atoms with van der Waals surface area (Å²) in [5.41, 5.74) is 2.24. The molecule has 4 rings (SSSR count). The molecule has 0 saturated heterocycles. The second-order valence-corrected chi connectivity index (χ2v) is 11.0. The maximum Gasteiger partial charge on any atom is 0.250 e. The summed E-state index contributed by atoms with van der Waals surface area (Å²) in [6.45, 7) is 4.07. The molecular formula is C23H25N3O4S2. The average Bonchev–Trinajstić information content (AvgIpc) is 3.44. The predicted molar refractivity (Wildman–Crippen MR) is 126 cm³/mol. The molecule has 1 aromatic carbocycles. The zero-order valence-corrected chi connectivity index (χ0v) is 19.5. The summed E-state index contributed by atoms with van der Waals surface area (Å²) in [4.78, 5) is 12.8. The normalized spacial score (nSPS) is 15.2. The Kier molecular flexibility index (Phi) is 6.59. The number of amides is 1. The summed E-state index contributed by atoms with van der Waals surface area (Å²) in [6.07, 6.45) is 5.26. The van der Waals surface area contributed by atoms with Crippen LogP contribution in [0.15, 0.2) is 51.2 Å². The second-order valence-electron chi connectivity index (χ2n) is 7.92. The highest BCUT2D eigenvalue weighted by atomic mass is 32.2. The van der Waals surface area contributed by atoms with E-state index in [1.165, 1.54) is 0 Å². The van der Waals surface area contributed by atoms with Gasteiger partial charge in [0.1, 0.15) is 15.6 Å². The van der Waals surface area contributed by atoms with Crippen LogP contribution in [0.5, 0.6) is 0 Å². The molecule has 2 aromatic heterocycles. The number of sulfonamides is 1. The van der Waals surface area contributed by atoms with Crippen LogP contribution < -0.4 is 10.0 Å². The molecule has 1 amide bonds. The van der Waals surface area contributed by atoms with Crippen molar-refractivity contribution in [2.45, 2.75) is 36.8 Å². The van der Waals surface area contributed by atoms with E-state index >= 15 is 0 Å². The van der Waals surface area contributed by atoms with Gasteiger partial charge in [-0.1, -0.05) is 42.4 Å². The number of rotatable bonds is 9. The van der Waals surface area contributed by atoms with E-state index in [1.54, 1.807) is 31.2 Å². The van der Waals surface area contributed by atoms with E-state index in [4.69, 9.17) is 4.52 Å². The quantitative estimate of drug-likeness (QED) is 0.473. The number of hydrogen-bond donors (Lipinski definition) is 2. The van der Waals surface area contributed by atoms with E-state index in [1.807, 2.05) is 37.3 Å². The van der Waals surface area contributed by atoms with E-state index < -0.39 is 10.0 Å². The zero-order valence-electron chi connectivity index (χ0n) is 17.9. The second kappa shape index (κ2) is 9.40. The van der Waals surface area contributed by atoms with Crippen LogP contribution in [0, 0.1) is 12.8 Å². The van der Waals surface area contributed by atoms with Gasteiger partial charge in [-0.2, -0.15) is 0 Å². The Hall–Kier alpha value is -2.75. The number of benzene rings is 1. The first kappa shape index (κ1) is 22.4. The fourth-order valence-corrected chi connectivity index (χ4v) is 5.56. The van der Waals surface area contributed by atoms with Gasteiger partial charge in [-0.3, -0.25) is 4.79 Å². The van der Waals surface area contributed by atoms with Gasteiger partial charge in [0.2, 0.25) is 15.9 Å². The van der Waals surface area contributed by atoms with Gasteiger partial charge in [0.15, 0.2) is 5.76 Å². The van der Waals surface area contributed by atoms with Crippen LogP contribution in [0.1, 0.15) is 47.6 Å². The van der Waals surface area contributed by atoms with Crippen LogP contribution in [-0.4, -0.2) is 26.0 Å². The Balaban J connectivity index is 1.41. The standard InChI is InChI=1S/C23H25N3O4S2/c1-15(17-6-4-3-5-7-17)14-24-32(28,29)21-13-11-19(31-21)10-12-20-22(16(2)26-30-20)25-23(27)18-8-9-18/h3-7,10-13,15,18,24H,8-9,14H2,1-2H3,(H,25,27)/b12-10+/t15-/m0/s1. The number of thiophene rings is 1. The van der Waals surface area contributed by atoms with Gasteiger partial charge in [-0.25, -0.2) is 13.1 Å². The summed E-state index contributed by atoms with van der Waals surface area (Å²) in [5, 5.41) is 6.81. The van der Waals surface area contributed by atoms with E-state index in [0.717, 1.165) is 34.6 Å². The molecule has 0 radical (unpaired) electrons. The van der Waals surface area contributed by atoms with E-state index in [0.29, 0.717) is 23.7 Å². The monoisotopic (exact) mass is 471 g/mol. The van der Waals surface area contributed by atoms with Crippen molar-refractivity contribution in [2.24, 2.45) is 5.92 Å². The molecule has 1 atom stereocenters. The van der Waals surface area contributed by atoms with Crippen molar-refractivity contribution in [3.63, 3.8) is 0 Å². The lowest BCUT2D eigenvalue weighted by molar-refractivity contribution is -0.117. The maximum atomic E-state index is 12.7. The molecule has 0 aliphatic heterocycles. The van der Waals surface area contributed by atoms with Gasteiger partial charge in [0, 0.05) is 17.3 Å². The zero-order chi connectivity index (χ0) is 22.7. The third-order valence-corrected chi connectivity index (χ3v) is 8.27. The fourth-order valence-electron chi connectivity index (χ4n) is 3.16. The molecule has 1 aliphatic carbocycles. The molecule has 2 heterocycles. The topological polar surface area (TPSA) is 101 Å². The van der Waals surface area contributed by atoms with Crippen molar-refractivity contribution in [3.8, 4) is 0 Å². The number of aromatic nitrogens is 1. The minimum absolute atomic E-state index is 0.0220. The summed E-state index contributed by atoms with van der Waals surface area (Å²) < 4.78 is 33.7. The molecule has 3 aromatic rings. The Morgan fingerprint density at radius 1 is 1.22 bits per heavy atom. The van der Waals surface area contributed by atoms with Crippen molar-refractivity contribution in [3.05, 3.63) is 64.4 Å². The van der Waals surface area contributed by atoms with Crippen LogP contribution >= 0.6 is 11.3 Å². The average molecular weight is 472 g/mol. The highest BCUT2D eigenvalue weighted by Gasteiger charge is 2.30. The smallest absolute Gasteiger partial charge is 0.250 e. The number of anilines is 1. The predicted octanol–water partition coefficient (Wildman–Crippen LogP) is 4.65. The molecule has 168 valence electrons. The van der Waals surface area contributed by atoms with Crippen LogP contribution in [0.4, 0.5) is 5.69 Å². The summed E-state index contributed by atoms with van der Waals surface area (Å²) >= 11 is 1.16. The third-order valence-electron chi connectivity index (χ3n) is 5.30. The first-order valence-corrected chi connectivity index (χ1v) is 12.7. The molecule has 9 heteroatoms. The molecule has 32 heavy (non-hydrogen) atoms. The maximum absolute atomic E-state index is 12.7. The SMILES string of the molecule is Cc1noc(/C=C/c2ccc(S(=O)(=O)NC[C@H](C)c3ccccc3)s2)c1NC(=O)C1CC1. The van der Waals surface area contributed by atoms with Gasteiger partial charge in [0.05, 0.1) is 0 Å². The largest absolute Gasteiger partial charge is 0.354 e. The van der Waals surface area contributed by atoms with Crippen molar-refractivity contribution >= 4 is 45.1 Å². The lowest BCUT2D eigenvalue weighted by atomic mass is 10.0. The first-order valence-electron chi connectivity index (χ1n) is 10.4. The van der Waals surface area contributed by atoms with Crippen molar-refractivity contribution < 1.29 is 17.7 Å². The van der Waals surface area contributed by atoms with Gasteiger partial charge >= 0.3 is 0 Å². The van der Waals surface area contributed by atoms with Crippen molar-refractivity contribution in [1.82, 2.24) is 9.88 Å². The Morgan fingerprint density at radius 2 is 1.97 bits per heavy atom. The minimum Gasteiger partial charge on any atom is -0.354 e. The van der Waals surface area contributed by atoms with Crippen LogP contribution in [0.2, 0.25) is 0 Å². The Morgan fingerprint density at radius 3 is 2.69 bits per heavy atom. The molecule has 0 spiro atoms. The Bertz CT molecular complexity index is 1230. The number of carbonyl (C=O) groups excluding carboxylic acids is 1. The molecule has 0 unspecified atom stereocenters. The van der Waals surface area contributed by atoms with Crippen molar-refractivity contribution in [2.75, 3.05) is 11.9 Å². The fraction of sp³-hybridized carbons (Fsp3) is 0.304. The summed E-state index contributed by atoms with van der Waals surface area (Å²) in [6, 6.07) is 13.1. The van der Waals surface area contributed by atoms with Crippen molar-refractivity contribution in [1.29, 1.82) is 0 Å². The molecular weight excluding hydrogens is 446 g/mol. The van der Waals surface area contributed by atoms with Crippen LogP contribution in [0.25, 0.3) is 12.2 Å². The van der Waals surface area contributed by atoms with E-state index in [-0.39, 0.29) is 22.0 Å². The number of hydrogen-bond acceptors (Lipinski definition) is 6. The minimum atomic E-state index is -3.61. The third kappa shape index (κ3) is 5.35. The molecule has 1 fully saturated rings. The lowest BCUT2D eigenvalue weighted by Crippen LogP contribution is -2.27. The van der Waals surface area contributed by atoms with Gasteiger partial charge in [0.25, 0.3) is 0 Å². The molecule has 2 N–H and O–H groups in total. The number of carbonyl (C=O) groups is 1. The molecule has 1 saturated carbocycles. The van der Waals surface area contributed by atoms with Gasteiger partial charge < -0.3 is 9.84 Å². The highest BCUT2D eigenvalue weighted by Crippen LogP contribution is 2.32. The van der Waals surface area contributed by atoms with Gasteiger partial charge in [-0.15, -0.1) is 11.3 Å². The lowest BCUT2D eigenvalue weighted by Gasteiger charge is -2.12. The summed E-state index contributed by atoms with van der Waals surface area (Å²) in [7, 11) is -3.61. The number of nitrogens with one attached hydrogen (secondary N) is 2. The van der Waals surface area contributed by atoms with E-state index in [2.05, 4.69) is 15.2 Å². The molecule has 7 nitrogen and oxygen atoms in total. The summed E-state index contributed by atoms with van der Waals surface area (Å²) in [5.74, 6) is 0.544. The molecule has 0 bridgehead atoms.